The van der Waals surface area contributed by atoms with Crippen molar-refractivity contribution < 1.29 is 19.0 Å². The molecule has 2 aromatic rings. The Balaban J connectivity index is 1.61. The molecule has 1 aliphatic rings. The van der Waals surface area contributed by atoms with Crippen LogP contribution in [-0.4, -0.2) is 31.2 Å². The van der Waals surface area contributed by atoms with Crippen LogP contribution >= 0.6 is 0 Å². The Bertz CT molecular complexity index is 831. The van der Waals surface area contributed by atoms with E-state index < -0.39 is 0 Å². The third-order valence-electron chi connectivity index (χ3n) is 4.46. The Kier molecular flexibility index (Phi) is 5.96. The number of carbonyl (C=O) groups is 1. The predicted molar refractivity (Wildman–Crippen MR) is 104 cm³/mol. The standard InChI is InChI=1S/C21H24N2O4/c1-14-7-9-16(27-14)10-12-20(24)23-19-11-8-15(13-22-19)17-5-4-6-18(25-2)21(17)26-3/h4-8,11,13,16H,9-10,12H2,1-3H3,(H,22,23,24). The number of nitrogens with zero attached hydrogens (tertiary/aromatic N) is 1. The monoisotopic (exact) mass is 368 g/mol. The van der Waals surface area contributed by atoms with Crippen LogP contribution in [0.25, 0.3) is 11.1 Å². The van der Waals surface area contributed by atoms with Crippen LogP contribution in [0.5, 0.6) is 11.5 Å². The van der Waals surface area contributed by atoms with E-state index in [0.29, 0.717) is 30.2 Å². The number of rotatable bonds is 7. The Morgan fingerprint density at radius 1 is 1.26 bits per heavy atom. The van der Waals surface area contributed by atoms with Gasteiger partial charge in [-0.25, -0.2) is 4.98 Å². The van der Waals surface area contributed by atoms with Crippen LogP contribution in [0.15, 0.2) is 48.4 Å². The lowest BCUT2D eigenvalue weighted by atomic mass is 10.1. The molecule has 6 heteroatoms. The Hall–Kier alpha value is -3.02. The molecule has 2 heterocycles. The number of para-hydroxylation sites is 1. The third kappa shape index (κ3) is 4.58. The number of aromatic nitrogens is 1. The topological polar surface area (TPSA) is 69.7 Å². The Morgan fingerprint density at radius 2 is 2.11 bits per heavy atom. The molecular formula is C21H24N2O4. The number of benzene rings is 1. The van der Waals surface area contributed by atoms with Crippen molar-refractivity contribution in [1.29, 1.82) is 0 Å². The maximum absolute atomic E-state index is 12.1. The molecule has 1 atom stereocenters. The van der Waals surface area contributed by atoms with Crippen LogP contribution in [0.4, 0.5) is 5.82 Å². The number of methoxy groups -OCH3 is 2. The zero-order valence-corrected chi connectivity index (χ0v) is 15.8. The van der Waals surface area contributed by atoms with Crippen molar-refractivity contribution in [2.24, 2.45) is 0 Å². The van der Waals surface area contributed by atoms with Gasteiger partial charge in [0.05, 0.1) is 20.0 Å². The van der Waals surface area contributed by atoms with Gasteiger partial charge in [-0.1, -0.05) is 12.1 Å². The molecule has 1 unspecified atom stereocenters. The lowest BCUT2D eigenvalue weighted by Crippen LogP contribution is -2.16. The van der Waals surface area contributed by atoms with E-state index in [-0.39, 0.29) is 12.0 Å². The first-order valence-electron chi connectivity index (χ1n) is 8.91. The molecule has 6 nitrogen and oxygen atoms in total. The Morgan fingerprint density at radius 3 is 2.74 bits per heavy atom. The SMILES string of the molecule is COc1cccc(-c2ccc(NC(=O)CCC3CC=C(C)O3)nc2)c1OC. The highest BCUT2D eigenvalue weighted by Gasteiger charge is 2.17. The first-order chi connectivity index (χ1) is 13.1. The molecule has 0 bridgehead atoms. The lowest BCUT2D eigenvalue weighted by Gasteiger charge is -2.13. The summed E-state index contributed by atoms with van der Waals surface area (Å²) in [5.41, 5.74) is 1.76. The molecule has 142 valence electrons. The van der Waals surface area contributed by atoms with E-state index in [2.05, 4.69) is 16.4 Å². The molecule has 1 amide bonds. The summed E-state index contributed by atoms with van der Waals surface area (Å²) in [6.07, 6.45) is 5.83. The van der Waals surface area contributed by atoms with Crippen molar-refractivity contribution in [2.75, 3.05) is 19.5 Å². The van der Waals surface area contributed by atoms with Crippen molar-refractivity contribution in [3.8, 4) is 22.6 Å². The second-order valence-corrected chi connectivity index (χ2v) is 6.35. The molecule has 0 radical (unpaired) electrons. The first-order valence-corrected chi connectivity index (χ1v) is 8.91. The fourth-order valence-electron chi connectivity index (χ4n) is 3.07. The number of amides is 1. The number of pyridine rings is 1. The zero-order valence-electron chi connectivity index (χ0n) is 15.8. The first kappa shape index (κ1) is 18.8. The quantitative estimate of drug-likeness (QED) is 0.794. The van der Waals surface area contributed by atoms with Crippen molar-refractivity contribution in [3.63, 3.8) is 0 Å². The number of hydrogen-bond acceptors (Lipinski definition) is 5. The van der Waals surface area contributed by atoms with E-state index in [4.69, 9.17) is 14.2 Å². The summed E-state index contributed by atoms with van der Waals surface area (Å²) in [6.45, 7) is 1.93. The van der Waals surface area contributed by atoms with Crippen molar-refractivity contribution in [3.05, 3.63) is 48.4 Å². The van der Waals surface area contributed by atoms with Crippen LogP contribution in [0, 0.1) is 0 Å². The van der Waals surface area contributed by atoms with Gasteiger partial charge in [0.15, 0.2) is 11.5 Å². The van der Waals surface area contributed by atoms with Crippen LogP contribution in [0.3, 0.4) is 0 Å². The minimum absolute atomic E-state index is 0.0673. The van der Waals surface area contributed by atoms with Gasteiger partial charge in [-0.05, 0) is 37.6 Å². The largest absolute Gasteiger partial charge is 0.495 e. The second kappa shape index (κ2) is 8.58. The summed E-state index contributed by atoms with van der Waals surface area (Å²) in [5, 5.41) is 2.83. The smallest absolute Gasteiger partial charge is 0.225 e. The summed E-state index contributed by atoms with van der Waals surface area (Å²) in [7, 11) is 3.21. The molecule has 0 aliphatic carbocycles. The third-order valence-corrected chi connectivity index (χ3v) is 4.46. The van der Waals surface area contributed by atoms with Crippen LogP contribution in [0.1, 0.15) is 26.2 Å². The molecule has 0 saturated heterocycles. The van der Waals surface area contributed by atoms with Gasteiger partial charge in [-0.2, -0.15) is 0 Å². The average Bonchev–Trinajstić information content (AvgIpc) is 3.11. The van der Waals surface area contributed by atoms with Crippen molar-refractivity contribution in [1.82, 2.24) is 4.98 Å². The Labute approximate surface area is 159 Å². The highest BCUT2D eigenvalue weighted by Crippen LogP contribution is 2.37. The maximum atomic E-state index is 12.1. The van der Waals surface area contributed by atoms with E-state index >= 15 is 0 Å². The van der Waals surface area contributed by atoms with Gasteiger partial charge in [0.2, 0.25) is 5.91 Å². The van der Waals surface area contributed by atoms with Crippen LogP contribution < -0.4 is 14.8 Å². The molecule has 1 N–H and O–H groups in total. The van der Waals surface area contributed by atoms with Gasteiger partial charge in [0.25, 0.3) is 0 Å². The molecule has 0 saturated carbocycles. The zero-order chi connectivity index (χ0) is 19.2. The summed E-state index contributed by atoms with van der Waals surface area (Å²) in [6, 6.07) is 9.36. The number of ether oxygens (including phenoxy) is 3. The molecule has 3 rings (SSSR count). The molecule has 27 heavy (non-hydrogen) atoms. The summed E-state index contributed by atoms with van der Waals surface area (Å²) in [4.78, 5) is 16.5. The summed E-state index contributed by atoms with van der Waals surface area (Å²) in [5.74, 6) is 2.70. The van der Waals surface area contributed by atoms with E-state index in [1.54, 1.807) is 26.5 Å². The molecular weight excluding hydrogens is 344 g/mol. The fourth-order valence-corrected chi connectivity index (χ4v) is 3.07. The fraction of sp³-hybridized carbons (Fsp3) is 0.333. The van der Waals surface area contributed by atoms with Crippen molar-refractivity contribution in [2.45, 2.75) is 32.3 Å². The van der Waals surface area contributed by atoms with Gasteiger partial charge in [-0.15, -0.1) is 0 Å². The van der Waals surface area contributed by atoms with E-state index in [0.717, 1.165) is 23.3 Å². The second-order valence-electron chi connectivity index (χ2n) is 6.35. The molecule has 0 spiro atoms. The van der Waals surface area contributed by atoms with Crippen LogP contribution in [-0.2, 0) is 9.53 Å². The number of carbonyl (C=O) groups excluding carboxylic acids is 1. The van der Waals surface area contributed by atoms with E-state index in [1.165, 1.54) is 0 Å². The van der Waals surface area contributed by atoms with Gasteiger partial charge in [0, 0.05) is 30.2 Å². The number of allylic oxidation sites excluding steroid dienone is 1. The highest BCUT2D eigenvalue weighted by atomic mass is 16.5. The maximum Gasteiger partial charge on any atom is 0.225 e. The summed E-state index contributed by atoms with van der Waals surface area (Å²) < 4.78 is 16.4. The van der Waals surface area contributed by atoms with Gasteiger partial charge in [0.1, 0.15) is 11.9 Å². The lowest BCUT2D eigenvalue weighted by molar-refractivity contribution is -0.116. The minimum Gasteiger partial charge on any atom is -0.495 e. The number of hydrogen-bond donors (Lipinski definition) is 1. The molecule has 0 fully saturated rings. The molecule has 1 aromatic carbocycles. The van der Waals surface area contributed by atoms with Gasteiger partial charge < -0.3 is 19.5 Å². The predicted octanol–water partition coefficient (Wildman–Crippen LogP) is 4.18. The van der Waals surface area contributed by atoms with Gasteiger partial charge >= 0.3 is 0 Å². The summed E-state index contributed by atoms with van der Waals surface area (Å²) >= 11 is 0. The van der Waals surface area contributed by atoms with Gasteiger partial charge in [-0.3, -0.25) is 4.79 Å². The van der Waals surface area contributed by atoms with E-state index in [9.17, 15) is 4.79 Å². The van der Waals surface area contributed by atoms with Crippen molar-refractivity contribution >= 4 is 11.7 Å². The normalized spacial score (nSPS) is 15.7. The number of nitrogens with one attached hydrogen (secondary N) is 1. The van der Waals surface area contributed by atoms with Crippen LogP contribution in [0.2, 0.25) is 0 Å². The molecule has 1 aliphatic heterocycles. The molecule has 1 aromatic heterocycles. The average molecular weight is 368 g/mol. The highest BCUT2D eigenvalue weighted by molar-refractivity contribution is 5.90. The van der Waals surface area contributed by atoms with E-state index in [1.807, 2.05) is 31.2 Å². The number of anilines is 1. The minimum atomic E-state index is -0.0673.